The quantitative estimate of drug-likeness (QED) is 0.832. The van der Waals surface area contributed by atoms with Gasteiger partial charge in [-0.05, 0) is 11.5 Å². The first kappa shape index (κ1) is 19.7. The average molecular weight is 400 g/mol. The molecular weight excluding hydrogens is 372 g/mol. The van der Waals surface area contributed by atoms with Crippen molar-refractivity contribution < 1.29 is 19.2 Å². The number of ether oxygens (including phenoxy) is 1. The molecule has 8 nitrogen and oxygen atoms in total. The number of morpholine rings is 1. The van der Waals surface area contributed by atoms with Gasteiger partial charge in [-0.3, -0.25) is 4.79 Å². The topological polar surface area (TPSA) is 83.5 Å². The van der Waals surface area contributed by atoms with Gasteiger partial charge in [-0.1, -0.05) is 42.4 Å². The molecule has 2 fully saturated rings. The second-order valence-electron chi connectivity index (χ2n) is 8.06. The molecule has 2 saturated heterocycles. The summed E-state index contributed by atoms with van der Waals surface area (Å²) in [7, 11) is 0. The lowest BCUT2D eigenvalue weighted by atomic mass is 9.96. The molecule has 156 valence electrons. The molecule has 0 radical (unpaired) electrons. The highest BCUT2D eigenvalue weighted by Crippen LogP contribution is 2.34. The van der Waals surface area contributed by atoms with E-state index in [2.05, 4.69) is 29.5 Å². The first-order valence-corrected chi connectivity index (χ1v) is 10.3. The number of rotatable bonds is 4. The van der Waals surface area contributed by atoms with E-state index in [1.165, 1.54) is 5.56 Å². The first-order chi connectivity index (χ1) is 14.1. The standard InChI is InChI=1S/C21H28N4O4/c1-16(17-5-3-2-4-6-17)14-22-19(26)18-13-21(29-23-18)7-8-25(15-21)20(27)24-9-11-28-12-10-24/h2-6,16H,7-15H2,1H3,(H,22,26). The van der Waals surface area contributed by atoms with Gasteiger partial charge in [-0.2, -0.15) is 0 Å². The summed E-state index contributed by atoms with van der Waals surface area (Å²) in [4.78, 5) is 34.6. The molecule has 2 atom stereocenters. The molecule has 3 aliphatic rings. The lowest BCUT2D eigenvalue weighted by Crippen LogP contribution is -2.48. The van der Waals surface area contributed by atoms with Gasteiger partial charge in [-0.25, -0.2) is 4.79 Å². The third-order valence-corrected chi connectivity index (χ3v) is 5.91. The molecule has 3 amide bonds. The van der Waals surface area contributed by atoms with Crippen LogP contribution in [0.1, 0.15) is 31.2 Å². The highest BCUT2D eigenvalue weighted by atomic mass is 16.7. The smallest absolute Gasteiger partial charge is 0.320 e. The van der Waals surface area contributed by atoms with Crippen LogP contribution in [-0.2, 0) is 14.4 Å². The van der Waals surface area contributed by atoms with Gasteiger partial charge < -0.3 is 24.7 Å². The van der Waals surface area contributed by atoms with Crippen molar-refractivity contribution in [2.45, 2.75) is 31.3 Å². The number of carbonyl (C=O) groups is 2. The van der Waals surface area contributed by atoms with Gasteiger partial charge in [0.1, 0.15) is 5.71 Å². The van der Waals surface area contributed by atoms with Gasteiger partial charge >= 0.3 is 6.03 Å². The number of hydrogen-bond donors (Lipinski definition) is 1. The lowest BCUT2D eigenvalue weighted by molar-refractivity contribution is -0.115. The van der Waals surface area contributed by atoms with Gasteiger partial charge in [0, 0.05) is 39.0 Å². The Kier molecular flexibility index (Phi) is 5.71. The number of nitrogens with zero attached hydrogens (tertiary/aromatic N) is 3. The molecule has 0 aliphatic carbocycles. The Balaban J connectivity index is 1.27. The Morgan fingerprint density at radius 1 is 1.17 bits per heavy atom. The molecule has 0 bridgehead atoms. The van der Waals surface area contributed by atoms with Crippen molar-refractivity contribution in [3.05, 3.63) is 35.9 Å². The zero-order valence-corrected chi connectivity index (χ0v) is 16.8. The zero-order valence-electron chi connectivity index (χ0n) is 16.8. The Morgan fingerprint density at radius 2 is 1.93 bits per heavy atom. The number of likely N-dealkylation sites (tertiary alicyclic amines) is 1. The van der Waals surface area contributed by atoms with E-state index in [4.69, 9.17) is 9.57 Å². The molecule has 29 heavy (non-hydrogen) atoms. The monoisotopic (exact) mass is 400 g/mol. The maximum Gasteiger partial charge on any atom is 0.320 e. The number of nitrogens with one attached hydrogen (secondary N) is 1. The van der Waals surface area contributed by atoms with Crippen LogP contribution in [0.2, 0.25) is 0 Å². The zero-order chi connectivity index (χ0) is 20.3. The van der Waals surface area contributed by atoms with Gasteiger partial charge in [0.05, 0.1) is 19.8 Å². The van der Waals surface area contributed by atoms with E-state index < -0.39 is 5.60 Å². The van der Waals surface area contributed by atoms with Crippen LogP contribution in [-0.4, -0.2) is 79.0 Å². The van der Waals surface area contributed by atoms with Crippen LogP contribution in [0.4, 0.5) is 4.79 Å². The van der Waals surface area contributed by atoms with E-state index in [1.807, 2.05) is 23.1 Å². The fraction of sp³-hybridized carbons (Fsp3) is 0.571. The molecule has 0 aromatic heterocycles. The van der Waals surface area contributed by atoms with Crippen molar-refractivity contribution in [1.29, 1.82) is 0 Å². The number of urea groups is 1. The van der Waals surface area contributed by atoms with Crippen LogP contribution in [0, 0.1) is 0 Å². The molecule has 4 rings (SSSR count). The van der Waals surface area contributed by atoms with Crippen molar-refractivity contribution in [3.8, 4) is 0 Å². The van der Waals surface area contributed by atoms with Gasteiger partial charge in [0.25, 0.3) is 5.91 Å². The molecule has 3 aliphatic heterocycles. The highest BCUT2D eigenvalue weighted by molar-refractivity contribution is 6.39. The summed E-state index contributed by atoms with van der Waals surface area (Å²) in [6.45, 7) is 6.09. The first-order valence-electron chi connectivity index (χ1n) is 10.3. The maximum absolute atomic E-state index is 12.7. The highest BCUT2D eigenvalue weighted by Gasteiger charge is 2.48. The van der Waals surface area contributed by atoms with Gasteiger partial charge in [-0.15, -0.1) is 0 Å². The van der Waals surface area contributed by atoms with Crippen molar-refractivity contribution in [2.75, 3.05) is 45.9 Å². The summed E-state index contributed by atoms with van der Waals surface area (Å²) in [5.41, 5.74) is 1.02. The fourth-order valence-electron chi connectivity index (χ4n) is 4.07. The fourth-order valence-corrected chi connectivity index (χ4v) is 4.07. The Labute approximate surface area is 170 Å². The number of carbonyl (C=O) groups excluding carboxylic acids is 2. The summed E-state index contributed by atoms with van der Waals surface area (Å²) >= 11 is 0. The minimum Gasteiger partial charge on any atom is -0.386 e. The second-order valence-corrected chi connectivity index (χ2v) is 8.06. The Morgan fingerprint density at radius 3 is 2.69 bits per heavy atom. The van der Waals surface area contributed by atoms with Gasteiger partial charge in [0.15, 0.2) is 5.60 Å². The normalized spacial score (nSPS) is 24.9. The SMILES string of the molecule is CC(CNC(=O)C1=NOC2(CCN(C(=O)N3CCOCC3)C2)C1)c1ccccc1. The number of amides is 3. The average Bonchev–Trinajstić information content (AvgIpc) is 3.39. The maximum atomic E-state index is 12.7. The summed E-state index contributed by atoms with van der Waals surface area (Å²) in [6.07, 6.45) is 1.12. The minimum atomic E-state index is -0.570. The molecule has 1 aromatic carbocycles. The van der Waals surface area contributed by atoms with Crippen LogP contribution in [0.15, 0.2) is 35.5 Å². The van der Waals surface area contributed by atoms with Crippen LogP contribution in [0.5, 0.6) is 0 Å². The number of hydrogen-bond acceptors (Lipinski definition) is 5. The predicted molar refractivity (Wildman–Crippen MR) is 108 cm³/mol. The molecular formula is C21H28N4O4. The van der Waals surface area contributed by atoms with Crippen LogP contribution >= 0.6 is 0 Å². The van der Waals surface area contributed by atoms with Gasteiger partial charge in [0.2, 0.25) is 0 Å². The summed E-state index contributed by atoms with van der Waals surface area (Å²) in [6, 6.07) is 10.1. The Hall–Kier alpha value is -2.61. The van der Waals surface area contributed by atoms with Crippen LogP contribution < -0.4 is 5.32 Å². The summed E-state index contributed by atoms with van der Waals surface area (Å²) in [5.74, 6) is 0.0211. The van der Waals surface area contributed by atoms with Crippen molar-refractivity contribution in [2.24, 2.45) is 5.16 Å². The summed E-state index contributed by atoms with van der Waals surface area (Å²) < 4.78 is 5.31. The van der Waals surface area contributed by atoms with E-state index in [-0.39, 0.29) is 17.9 Å². The molecule has 1 aromatic rings. The molecule has 1 spiro atoms. The molecule has 0 saturated carbocycles. The van der Waals surface area contributed by atoms with Crippen LogP contribution in [0.3, 0.4) is 0 Å². The van der Waals surface area contributed by atoms with E-state index >= 15 is 0 Å². The largest absolute Gasteiger partial charge is 0.386 e. The summed E-state index contributed by atoms with van der Waals surface area (Å²) in [5, 5.41) is 7.02. The third-order valence-electron chi connectivity index (χ3n) is 5.91. The number of benzene rings is 1. The number of oxime groups is 1. The van der Waals surface area contributed by atoms with E-state index in [0.29, 0.717) is 64.5 Å². The van der Waals surface area contributed by atoms with Crippen molar-refractivity contribution in [3.63, 3.8) is 0 Å². The van der Waals surface area contributed by atoms with Crippen molar-refractivity contribution >= 4 is 17.6 Å². The lowest BCUT2D eigenvalue weighted by Gasteiger charge is -2.31. The van der Waals surface area contributed by atoms with Crippen molar-refractivity contribution in [1.82, 2.24) is 15.1 Å². The van der Waals surface area contributed by atoms with E-state index in [1.54, 1.807) is 4.90 Å². The minimum absolute atomic E-state index is 0.0170. The Bertz CT molecular complexity index is 778. The molecule has 3 heterocycles. The van der Waals surface area contributed by atoms with E-state index in [9.17, 15) is 9.59 Å². The third kappa shape index (κ3) is 4.37. The molecule has 8 heteroatoms. The predicted octanol–water partition coefficient (Wildman–Crippen LogP) is 1.58. The molecule has 1 N–H and O–H groups in total. The molecule has 2 unspecified atom stereocenters. The van der Waals surface area contributed by atoms with E-state index in [0.717, 1.165) is 0 Å². The van der Waals surface area contributed by atoms with Crippen LogP contribution in [0.25, 0.3) is 0 Å². The second kappa shape index (κ2) is 8.41.